The zero-order valence-electron chi connectivity index (χ0n) is 13.7. The molecule has 1 aromatic carbocycles. The molecule has 1 aromatic heterocycles. The SMILES string of the molecule is COC(=O)C(C)Oc1cc(-n2c(=O)cc(C(F)(F)F)[nH]c2=O)c(F)cc1Cl. The van der Waals surface area contributed by atoms with Gasteiger partial charge in [-0.3, -0.25) is 4.79 Å². The van der Waals surface area contributed by atoms with Crippen LogP contribution in [0.15, 0.2) is 27.8 Å². The van der Waals surface area contributed by atoms with Gasteiger partial charge in [0.2, 0.25) is 0 Å². The fourth-order valence-electron chi connectivity index (χ4n) is 2.06. The number of aromatic amines is 1. The van der Waals surface area contributed by atoms with Crippen molar-refractivity contribution in [2.24, 2.45) is 0 Å². The highest BCUT2D eigenvalue weighted by molar-refractivity contribution is 6.32. The van der Waals surface area contributed by atoms with Gasteiger partial charge in [0.1, 0.15) is 17.3 Å². The van der Waals surface area contributed by atoms with Crippen molar-refractivity contribution in [2.75, 3.05) is 7.11 Å². The molecule has 0 aliphatic heterocycles. The van der Waals surface area contributed by atoms with E-state index >= 15 is 0 Å². The number of benzene rings is 1. The maximum Gasteiger partial charge on any atom is 0.431 e. The molecule has 146 valence electrons. The summed E-state index contributed by atoms with van der Waals surface area (Å²) in [5.74, 6) is -2.26. The molecule has 0 fully saturated rings. The van der Waals surface area contributed by atoms with Gasteiger partial charge < -0.3 is 14.5 Å². The van der Waals surface area contributed by atoms with Gasteiger partial charge >= 0.3 is 17.8 Å². The van der Waals surface area contributed by atoms with Crippen LogP contribution in [-0.2, 0) is 15.7 Å². The lowest BCUT2D eigenvalue weighted by atomic mass is 10.2. The number of nitrogens with one attached hydrogen (secondary N) is 1. The fraction of sp³-hybridized carbons (Fsp3) is 0.267. The first-order valence-corrected chi connectivity index (χ1v) is 7.51. The average molecular weight is 411 g/mol. The lowest BCUT2D eigenvalue weighted by molar-refractivity contribution is -0.148. The Bertz CT molecular complexity index is 968. The van der Waals surface area contributed by atoms with Crippen molar-refractivity contribution in [1.29, 1.82) is 0 Å². The van der Waals surface area contributed by atoms with E-state index in [1.54, 1.807) is 0 Å². The van der Waals surface area contributed by atoms with Crippen LogP contribution in [0.5, 0.6) is 5.75 Å². The van der Waals surface area contributed by atoms with E-state index in [4.69, 9.17) is 16.3 Å². The Kier molecular flexibility index (Phi) is 5.64. The maximum absolute atomic E-state index is 14.2. The molecule has 27 heavy (non-hydrogen) atoms. The second-order valence-electron chi connectivity index (χ2n) is 5.18. The van der Waals surface area contributed by atoms with Gasteiger partial charge in [-0.15, -0.1) is 0 Å². The quantitative estimate of drug-likeness (QED) is 0.617. The highest BCUT2D eigenvalue weighted by Gasteiger charge is 2.33. The Labute approximate surface area is 153 Å². The number of esters is 1. The lowest BCUT2D eigenvalue weighted by Gasteiger charge is -2.16. The Morgan fingerprint density at radius 1 is 1.26 bits per heavy atom. The van der Waals surface area contributed by atoms with Crippen LogP contribution in [-0.4, -0.2) is 28.7 Å². The lowest BCUT2D eigenvalue weighted by Crippen LogP contribution is -2.36. The Balaban J connectivity index is 2.60. The van der Waals surface area contributed by atoms with E-state index in [2.05, 4.69) is 4.74 Å². The predicted molar refractivity (Wildman–Crippen MR) is 84.7 cm³/mol. The summed E-state index contributed by atoms with van der Waals surface area (Å²) in [5.41, 5.74) is -5.26. The van der Waals surface area contributed by atoms with Crippen LogP contribution in [0, 0.1) is 5.82 Å². The molecule has 0 bridgehead atoms. The molecule has 2 rings (SSSR count). The zero-order valence-corrected chi connectivity index (χ0v) is 14.4. The highest BCUT2D eigenvalue weighted by Crippen LogP contribution is 2.30. The van der Waals surface area contributed by atoms with Gasteiger partial charge in [0.15, 0.2) is 6.10 Å². The molecular formula is C15H11ClF4N2O5. The van der Waals surface area contributed by atoms with Crippen LogP contribution < -0.4 is 16.0 Å². The first-order valence-electron chi connectivity index (χ1n) is 7.13. The van der Waals surface area contributed by atoms with Gasteiger partial charge in [0.25, 0.3) is 5.56 Å². The van der Waals surface area contributed by atoms with E-state index < -0.39 is 46.7 Å². The zero-order chi connectivity index (χ0) is 20.5. The molecule has 7 nitrogen and oxygen atoms in total. The van der Waals surface area contributed by atoms with Crippen molar-refractivity contribution in [3.63, 3.8) is 0 Å². The number of rotatable bonds is 4. The minimum atomic E-state index is -4.97. The number of halogens is 5. The second kappa shape index (κ2) is 7.43. The molecular weight excluding hydrogens is 400 g/mol. The third kappa shape index (κ3) is 4.30. The Morgan fingerprint density at radius 2 is 1.89 bits per heavy atom. The summed E-state index contributed by atoms with van der Waals surface area (Å²) in [6.07, 6.45) is -6.14. The Morgan fingerprint density at radius 3 is 2.41 bits per heavy atom. The molecule has 2 aromatic rings. The van der Waals surface area contributed by atoms with E-state index in [9.17, 15) is 31.9 Å². The first kappa shape index (κ1) is 20.5. The number of hydrogen-bond acceptors (Lipinski definition) is 5. The van der Waals surface area contributed by atoms with E-state index in [0.717, 1.165) is 13.2 Å². The summed E-state index contributed by atoms with van der Waals surface area (Å²) < 4.78 is 62.0. The third-order valence-electron chi connectivity index (χ3n) is 3.32. The van der Waals surface area contributed by atoms with Crippen LogP contribution in [0.3, 0.4) is 0 Å². The van der Waals surface area contributed by atoms with Crippen molar-refractivity contribution in [1.82, 2.24) is 9.55 Å². The Hall–Kier alpha value is -2.82. The van der Waals surface area contributed by atoms with E-state index in [0.29, 0.717) is 6.07 Å². The van der Waals surface area contributed by atoms with E-state index in [1.807, 2.05) is 0 Å². The van der Waals surface area contributed by atoms with E-state index in [-0.39, 0.29) is 21.4 Å². The largest absolute Gasteiger partial charge is 0.477 e. The molecule has 0 saturated heterocycles. The van der Waals surface area contributed by atoms with Crippen LogP contribution >= 0.6 is 11.6 Å². The molecule has 0 amide bonds. The van der Waals surface area contributed by atoms with Gasteiger partial charge in [-0.2, -0.15) is 13.2 Å². The smallest absolute Gasteiger partial charge is 0.431 e. The van der Waals surface area contributed by atoms with Crippen molar-refractivity contribution in [3.05, 3.63) is 55.6 Å². The topological polar surface area (TPSA) is 90.4 Å². The molecule has 0 spiro atoms. The van der Waals surface area contributed by atoms with Gasteiger partial charge in [0.05, 0.1) is 17.8 Å². The summed E-state index contributed by atoms with van der Waals surface area (Å²) >= 11 is 5.81. The number of methoxy groups -OCH3 is 1. The highest BCUT2D eigenvalue weighted by atomic mass is 35.5. The van der Waals surface area contributed by atoms with Gasteiger partial charge in [0, 0.05) is 12.1 Å². The van der Waals surface area contributed by atoms with Crippen LogP contribution in [0.25, 0.3) is 5.69 Å². The fourth-order valence-corrected chi connectivity index (χ4v) is 2.26. The van der Waals surface area contributed by atoms with Crippen LogP contribution in [0.1, 0.15) is 12.6 Å². The summed E-state index contributed by atoms with van der Waals surface area (Å²) in [6, 6.07) is 1.59. The molecule has 1 N–H and O–H groups in total. The minimum Gasteiger partial charge on any atom is -0.477 e. The maximum atomic E-state index is 14.2. The van der Waals surface area contributed by atoms with E-state index in [1.165, 1.54) is 11.9 Å². The van der Waals surface area contributed by atoms with Crippen molar-refractivity contribution < 1.29 is 31.8 Å². The van der Waals surface area contributed by atoms with Crippen molar-refractivity contribution in [2.45, 2.75) is 19.2 Å². The van der Waals surface area contributed by atoms with Crippen LogP contribution in [0.2, 0.25) is 5.02 Å². The van der Waals surface area contributed by atoms with Crippen molar-refractivity contribution in [3.8, 4) is 11.4 Å². The molecule has 0 saturated carbocycles. The molecule has 0 aliphatic rings. The molecule has 0 radical (unpaired) electrons. The summed E-state index contributed by atoms with van der Waals surface area (Å²) in [6.45, 7) is 1.29. The number of nitrogens with zero attached hydrogens (tertiary/aromatic N) is 1. The van der Waals surface area contributed by atoms with Crippen molar-refractivity contribution >= 4 is 17.6 Å². The first-order chi connectivity index (χ1) is 12.5. The standard InChI is InChI=1S/C15H11ClF4N2O5/c1-6(13(24)26-2)27-10-4-9(8(17)3-7(10)16)22-12(23)5-11(15(18,19)20)21-14(22)25/h3-6H,1-2H3,(H,21,25). The third-order valence-corrected chi connectivity index (χ3v) is 3.61. The molecule has 1 heterocycles. The van der Waals surface area contributed by atoms with Gasteiger partial charge in [-0.25, -0.2) is 18.5 Å². The monoisotopic (exact) mass is 410 g/mol. The summed E-state index contributed by atoms with van der Waals surface area (Å²) in [5, 5.41) is -0.302. The number of alkyl halides is 3. The number of H-pyrrole nitrogens is 1. The molecule has 1 atom stereocenters. The normalized spacial score (nSPS) is 12.6. The number of aromatic nitrogens is 2. The number of ether oxygens (including phenoxy) is 2. The number of hydrogen-bond donors (Lipinski definition) is 1. The molecule has 0 aliphatic carbocycles. The summed E-state index contributed by atoms with van der Waals surface area (Å²) in [7, 11) is 1.10. The molecule has 1 unspecified atom stereocenters. The minimum absolute atomic E-state index is 0.104. The number of carbonyl (C=O) groups excluding carboxylic acids is 1. The molecule has 12 heteroatoms. The van der Waals surface area contributed by atoms with Crippen LogP contribution in [0.4, 0.5) is 17.6 Å². The predicted octanol–water partition coefficient (Wildman–Crippen LogP) is 2.28. The van der Waals surface area contributed by atoms with Gasteiger partial charge in [-0.1, -0.05) is 11.6 Å². The van der Waals surface area contributed by atoms with Gasteiger partial charge in [-0.05, 0) is 13.0 Å². The summed E-state index contributed by atoms with van der Waals surface area (Å²) in [4.78, 5) is 36.7. The number of carbonyl (C=O) groups is 1. The second-order valence-corrected chi connectivity index (χ2v) is 5.58. The average Bonchev–Trinajstić information content (AvgIpc) is 2.56.